The van der Waals surface area contributed by atoms with Crippen LogP contribution in [0, 0.1) is 27.7 Å². The molecule has 0 radical (unpaired) electrons. The van der Waals surface area contributed by atoms with E-state index in [4.69, 9.17) is 14.8 Å². The van der Waals surface area contributed by atoms with E-state index in [1.807, 2.05) is 41.2 Å². The van der Waals surface area contributed by atoms with Gasteiger partial charge in [0.1, 0.15) is 17.3 Å². The van der Waals surface area contributed by atoms with Gasteiger partial charge in [-0.15, -0.1) is 0 Å². The van der Waals surface area contributed by atoms with Crippen LogP contribution < -0.4 is 4.74 Å². The summed E-state index contributed by atoms with van der Waals surface area (Å²) in [4.78, 5) is 4.70. The molecule has 7 rings (SSSR count). The first-order valence-corrected chi connectivity index (χ1v) is 13.8. The second-order valence-corrected chi connectivity index (χ2v) is 10.6. The zero-order chi connectivity index (χ0) is 28.1. The Bertz CT molecular complexity index is 2080. The predicted octanol–water partition coefficient (Wildman–Crippen LogP) is 9.06. The monoisotopic (exact) mass is 534 g/mol. The molecule has 0 spiro atoms. The summed E-state index contributed by atoms with van der Waals surface area (Å²) in [5.74, 6) is 2.41. The zero-order valence-electron chi connectivity index (χ0n) is 23.6. The third kappa shape index (κ3) is 4.36. The maximum absolute atomic E-state index is 6.46. The molecule has 0 aliphatic heterocycles. The number of benzene rings is 4. The second-order valence-electron chi connectivity index (χ2n) is 10.6. The van der Waals surface area contributed by atoms with Crippen LogP contribution in [0.25, 0.3) is 44.4 Å². The van der Waals surface area contributed by atoms with Crippen LogP contribution in [0.2, 0.25) is 0 Å². The van der Waals surface area contributed by atoms with Crippen LogP contribution in [0.15, 0.2) is 109 Å². The fourth-order valence-electron chi connectivity index (χ4n) is 5.83. The molecule has 200 valence electrons. The molecule has 4 aromatic carbocycles. The summed E-state index contributed by atoms with van der Waals surface area (Å²) in [6, 6.07) is 35.5. The summed E-state index contributed by atoms with van der Waals surface area (Å²) >= 11 is 0. The smallest absolute Gasteiger partial charge is 0.137 e. The van der Waals surface area contributed by atoms with E-state index in [2.05, 4.69) is 105 Å². The third-order valence-electron chi connectivity index (χ3n) is 7.67. The zero-order valence-corrected chi connectivity index (χ0v) is 23.6. The molecule has 41 heavy (non-hydrogen) atoms. The van der Waals surface area contributed by atoms with Gasteiger partial charge in [-0.2, -0.15) is 5.10 Å². The van der Waals surface area contributed by atoms with Gasteiger partial charge < -0.3 is 4.74 Å². The average molecular weight is 535 g/mol. The van der Waals surface area contributed by atoms with Gasteiger partial charge in [0.15, 0.2) is 0 Å². The van der Waals surface area contributed by atoms with Gasteiger partial charge in [-0.05, 0) is 81.3 Å². The molecule has 0 atom stereocenters. The van der Waals surface area contributed by atoms with Crippen molar-refractivity contribution >= 4 is 21.8 Å². The fourth-order valence-corrected chi connectivity index (χ4v) is 5.83. The van der Waals surface area contributed by atoms with E-state index in [1.165, 1.54) is 27.6 Å². The first-order chi connectivity index (χ1) is 20.0. The summed E-state index contributed by atoms with van der Waals surface area (Å²) in [6.45, 7) is 8.40. The summed E-state index contributed by atoms with van der Waals surface area (Å²) in [5, 5.41) is 7.25. The first-order valence-electron chi connectivity index (χ1n) is 13.8. The molecule has 3 aromatic heterocycles. The lowest BCUT2D eigenvalue weighted by molar-refractivity contribution is 0.483. The Kier molecular flexibility index (Phi) is 5.93. The van der Waals surface area contributed by atoms with E-state index in [0.717, 1.165) is 50.8 Å². The van der Waals surface area contributed by atoms with Crippen LogP contribution in [0.4, 0.5) is 0 Å². The summed E-state index contributed by atoms with van der Waals surface area (Å²) < 4.78 is 10.7. The molecule has 0 unspecified atom stereocenters. The molecule has 0 aliphatic rings. The number of aromatic nitrogens is 4. The van der Waals surface area contributed by atoms with Crippen LogP contribution >= 0.6 is 0 Å². The van der Waals surface area contributed by atoms with Gasteiger partial charge in [0.05, 0.1) is 22.4 Å². The lowest BCUT2D eigenvalue weighted by Gasteiger charge is -2.11. The molecule has 0 saturated heterocycles. The van der Waals surface area contributed by atoms with Crippen LogP contribution in [0.5, 0.6) is 11.5 Å². The van der Waals surface area contributed by atoms with E-state index in [1.54, 1.807) is 0 Å². The van der Waals surface area contributed by atoms with Crippen molar-refractivity contribution in [2.24, 2.45) is 0 Å². The number of ether oxygens (including phenoxy) is 1. The van der Waals surface area contributed by atoms with Gasteiger partial charge in [-0.3, -0.25) is 4.57 Å². The Hall–Kier alpha value is -5.16. The Morgan fingerprint density at radius 1 is 0.634 bits per heavy atom. The standard InChI is InChI=1S/C36H30N4O/c1-23-9-7-10-27(19-23)36-25(3)38-40(26(36)4)28-11-8-12-29(21-28)41-30-15-16-32-31-13-5-6-14-33(31)39(34(32)22-30)35-20-24(2)17-18-37-35/h5-22H,1-4H3. The summed E-state index contributed by atoms with van der Waals surface area (Å²) in [5.41, 5.74) is 9.99. The lowest BCUT2D eigenvalue weighted by atomic mass is 10.0. The Morgan fingerprint density at radius 3 is 2.27 bits per heavy atom. The molecule has 0 bridgehead atoms. The van der Waals surface area contributed by atoms with Gasteiger partial charge in [-0.1, -0.05) is 54.1 Å². The van der Waals surface area contributed by atoms with Gasteiger partial charge in [0.25, 0.3) is 0 Å². The Morgan fingerprint density at radius 2 is 1.41 bits per heavy atom. The van der Waals surface area contributed by atoms with E-state index >= 15 is 0 Å². The van der Waals surface area contributed by atoms with Crippen molar-refractivity contribution in [2.45, 2.75) is 27.7 Å². The molecule has 5 heteroatoms. The van der Waals surface area contributed by atoms with Crippen molar-refractivity contribution in [2.75, 3.05) is 0 Å². The molecule has 5 nitrogen and oxygen atoms in total. The maximum atomic E-state index is 6.46. The van der Waals surface area contributed by atoms with E-state index < -0.39 is 0 Å². The number of hydrogen-bond donors (Lipinski definition) is 0. The average Bonchev–Trinajstić information content (AvgIpc) is 3.46. The highest BCUT2D eigenvalue weighted by Gasteiger charge is 2.17. The van der Waals surface area contributed by atoms with Crippen LogP contribution in [0.3, 0.4) is 0 Å². The van der Waals surface area contributed by atoms with Crippen LogP contribution in [-0.4, -0.2) is 19.3 Å². The molecule has 0 aliphatic carbocycles. The van der Waals surface area contributed by atoms with Crippen molar-refractivity contribution in [3.05, 3.63) is 132 Å². The number of para-hydroxylation sites is 1. The Labute approximate surface area is 239 Å². The number of hydrogen-bond acceptors (Lipinski definition) is 3. The number of rotatable bonds is 5. The van der Waals surface area contributed by atoms with E-state index in [9.17, 15) is 0 Å². The van der Waals surface area contributed by atoms with E-state index in [-0.39, 0.29) is 0 Å². The molecule has 0 fully saturated rings. The number of aryl methyl sites for hydroxylation is 3. The fraction of sp³-hybridized carbons (Fsp3) is 0.111. The van der Waals surface area contributed by atoms with Gasteiger partial charge in [0.2, 0.25) is 0 Å². The molecular formula is C36H30N4O. The normalized spacial score (nSPS) is 11.4. The van der Waals surface area contributed by atoms with Crippen molar-refractivity contribution in [1.29, 1.82) is 0 Å². The highest BCUT2D eigenvalue weighted by atomic mass is 16.5. The first kappa shape index (κ1) is 24.9. The summed E-state index contributed by atoms with van der Waals surface area (Å²) in [6.07, 6.45) is 1.86. The Balaban J connectivity index is 1.28. The van der Waals surface area contributed by atoms with E-state index in [0.29, 0.717) is 0 Å². The van der Waals surface area contributed by atoms with Crippen molar-refractivity contribution in [3.63, 3.8) is 0 Å². The predicted molar refractivity (Wildman–Crippen MR) is 167 cm³/mol. The van der Waals surface area contributed by atoms with Crippen molar-refractivity contribution < 1.29 is 4.74 Å². The topological polar surface area (TPSA) is 44.9 Å². The lowest BCUT2D eigenvalue weighted by Crippen LogP contribution is -1.99. The third-order valence-corrected chi connectivity index (χ3v) is 7.67. The minimum Gasteiger partial charge on any atom is -0.457 e. The molecule has 3 heterocycles. The van der Waals surface area contributed by atoms with Crippen molar-refractivity contribution in [1.82, 2.24) is 19.3 Å². The minimum absolute atomic E-state index is 0.753. The van der Waals surface area contributed by atoms with Gasteiger partial charge in [0, 0.05) is 40.4 Å². The van der Waals surface area contributed by atoms with Gasteiger partial charge in [-0.25, -0.2) is 9.67 Å². The number of pyridine rings is 1. The largest absolute Gasteiger partial charge is 0.457 e. The summed E-state index contributed by atoms with van der Waals surface area (Å²) in [7, 11) is 0. The maximum Gasteiger partial charge on any atom is 0.137 e. The van der Waals surface area contributed by atoms with Crippen molar-refractivity contribution in [3.8, 4) is 34.1 Å². The molecule has 0 saturated carbocycles. The SMILES string of the molecule is Cc1cccc(-c2c(C)nn(-c3cccc(Oc4ccc5c6ccccc6n(-c6cc(C)ccn6)c5c4)c3)c2C)c1. The quantitative estimate of drug-likeness (QED) is 0.221. The molecule has 7 aromatic rings. The molecular weight excluding hydrogens is 504 g/mol. The highest BCUT2D eigenvalue weighted by Crippen LogP contribution is 2.36. The minimum atomic E-state index is 0.753. The second kappa shape index (κ2) is 9.79. The number of nitrogens with zero attached hydrogens (tertiary/aromatic N) is 4. The highest BCUT2D eigenvalue weighted by molar-refractivity contribution is 6.09. The molecule has 0 amide bonds. The van der Waals surface area contributed by atoms with Crippen LogP contribution in [0.1, 0.15) is 22.5 Å². The molecule has 0 N–H and O–H groups in total. The van der Waals surface area contributed by atoms with Gasteiger partial charge >= 0.3 is 0 Å². The number of fused-ring (bicyclic) bond motifs is 3. The van der Waals surface area contributed by atoms with Crippen LogP contribution in [-0.2, 0) is 0 Å².